The molecule has 2 aromatic carbocycles. The van der Waals surface area contributed by atoms with E-state index in [4.69, 9.17) is 9.47 Å². The van der Waals surface area contributed by atoms with Crippen molar-refractivity contribution >= 4 is 28.9 Å². The number of imidazole rings is 1. The van der Waals surface area contributed by atoms with Gasteiger partial charge in [-0.2, -0.15) is 0 Å². The molecule has 0 radical (unpaired) electrons. The van der Waals surface area contributed by atoms with E-state index in [0.29, 0.717) is 22.9 Å². The second kappa shape index (κ2) is 9.91. The standard InChI is InChI=1S/C24H20N4O7/c1-33-20-7-6-17(12-21(20)35-14-18-13-27-8-4-3-5-22(27)25-18)26-23(29)15-9-16(24(30)34-2)11-19(10-15)28(31)32/h3-13H,14H2,1-2H3,(H,26,29). The van der Waals surface area contributed by atoms with Crippen LogP contribution in [0.15, 0.2) is 67.0 Å². The van der Waals surface area contributed by atoms with Crippen LogP contribution in [0.3, 0.4) is 0 Å². The molecule has 11 nitrogen and oxygen atoms in total. The van der Waals surface area contributed by atoms with Crippen LogP contribution in [0.2, 0.25) is 0 Å². The van der Waals surface area contributed by atoms with E-state index < -0.39 is 22.5 Å². The van der Waals surface area contributed by atoms with Gasteiger partial charge in [0.25, 0.3) is 11.6 Å². The number of fused-ring (bicyclic) bond motifs is 1. The molecule has 0 aliphatic heterocycles. The van der Waals surface area contributed by atoms with Crippen molar-refractivity contribution in [3.8, 4) is 11.5 Å². The Kier molecular flexibility index (Phi) is 6.58. The topological polar surface area (TPSA) is 134 Å². The number of nitrogens with zero attached hydrogens (tertiary/aromatic N) is 3. The minimum Gasteiger partial charge on any atom is -0.493 e. The van der Waals surface area contributed by atoms with Crippen molar-refractivity contribution in [1.82, 2.24) is 9.38 Å². The Balaban J connectivity index is 1.55. The molecular weight excluding hydrogens is 456 g/mol. The molecule has 0 saturated carbocycles. The summed E-state index contributed by atoms with van der Waals surface area (Å²) in [6.07, 6.45) is 3.72. The van der Waals surface area contributed by atoms with Crippen molar-refractivity contribution in [2.45, 2.75) is 6.61 Å². The minimum absolute atomic E-state index is 0.0809. The number of hydrogen-bond donors (Lipinski definition) is 1. The number of ether oxygens (including phenoxy) is 3. The van der Waals surface area contributed by atoms with Crippen LogP contribution in [0.4, 0.5) is 11.4 Å². The van der Waals surface area contributed by atoms with Gasteiger partial charge in [-0.3, -0.25) is 14.9 Å². The van der Waals surface area contributed by atoms with E-state index in [-0.39, 0.29) is 17.7 Å². The Hall–Kier alpha value is -4.93. The summed E-state index contributed by atoms with van der Waals surface area (Å²) in [5.41, 5.74) is 1.22. The number of hydrogen-bond acceptors (Lipinski definition) is 8. The highest BCUT2D eigenvalue weighted by atomic mass is 16.6. The van der Waals surface area contributed by atoms with Crippen LogP contribution in [0.1, 0.15) is 26.4 Å². The van der Waals surface area contributed by atoms with E-state index in [0.717, 1.165) is 24.9 Å². The monoisotopic (exact) mass is 476 g/mol. The number of aromatic nitrogens is 2. The van der Waals surface area contributed by atoms with Crippen molar-refractivity contribution in [3.63, 3.8) is 0 Å². The number of benzene rings is 2. The number of rotatable bonds is 8. The molecule has 0 aliphatic rings. The van der Waals surface area contributed by atoms with Crippen LogP contribution in [0, 0.1) is 10.1 Å². The van der Waals surface area contributed by atoms with Crippen LogP contribution in [0.25, 0.3) is 5.65 Å². The molecule has 0 spiro atoms. The number of carbonyl (C=O) groups is 2. The van der Waals surface area contributed by atoms with Gasteiger partial charge in [-0.15, -0.1) is 0 Å². The molecule has 0 fully saturated rings. The third-order valence-electron chi connectivity index (χ3n) is 5.02. The van der Waals surface area contributed by atoms with Gasteiger partial charge >= 0.3 is 5.97 Å². The molecule has 11 heteroatoms. The number of pyridine rings is 1. The molecule has 2 heterocycles. The lowest BCUT2D eigenvalue weighted by atomic mass is 10.1. The lowest BCUT2D eigenvalue weighted by molar-refractivity contribution is -0.384. The molecule has 35 heavy (non-hydrogen) atoms. The van der Waals surface area contributed by atoms with E-state index in [9.17, 15) is 19.7 Å². The second-order valence-corrected chi connectivity index (χ2v) is 7.32. The van der Waals surface area contributed by atoms with Crippen LogP contribution in [-0.4, -0.2) is 40.4 Å². The quantitative estimate of drug-likeness (QED) is 0.230. The highest BCUT2D eigenvalue weighted by Crippen LogP contribution is 2.31. The number of carbonyl (C=O) groups excluding carboxylic acids is 2. The number of nitrogens with one attached hydrogen (secondary N) is 1. The van der Waals surface area contributed by atoms with Crippen molar-refractivity contribution in [2.24, 2.45) is 0 Å². The first-order valence-corrected chi connectivity index (χ1v) is 10.3. The van der Waals surface area contributed by atoms with Crippen molar-refractivity contribution in [1.29, 1.82) is 0 Å². The third-order valence-corrected chi connectivity index (χ3v) is 5.02. The zero-order valence-electron chi connectivity index (χ0n) is 18.8. The Morgan fingerprint density at radius 3 is 2.57 bits per heavy atom. The van der Waals surface area contributed by atoms with Gasteiger partial charge in [0.1, 0.15) is 12.3 Å². The number of amides is 1. The maximum absolute atomic E-state index is 12.8. The Morgan fingerprint density at radius 1 is 1.06 bits per heavy atom. The van der Waals surface area contributed by atoms with E-state index >= 15 is 0 Å². The van der Waals surface area contributed by atoms with Gasteiger partial charge in [0.05, 0.1) is 30.4 Å². The first-order valence-electron chi connectivity index (χ1n) is 10.3. The molecule has 4 aromatic rings. The fourth-order valence-corrected chi connectivity index (χ4v) is 3.36. The normalized spacial score (nSPS) is 10.6. The smallest absolute Gasteiger partial charge is 0.338 e. The van der Waals surface area contributed by atoms with Gasteiger partial charge < -0.3 is 23.9 Å². The first kappa shape index (κ1) is 23.2. The number of nitro benzene ring substituents is 1. The molecule has 0 bridgehead atoms. The van der Waals surface area contributed by atoms with Crippen LogP contribution in [0.5, 0.6) is 11.5 Å². The zero-order chi connectivity index (χ0) is 24.9. The van der Waals surface area contributed by atoms with Gasteiger partial charge in [-0.1, -0.05) is 6.07 Å². The van der Waals surface area contributed by atoms with E-state index in [1.54, 1.807) is 18.2 Å². The molecule has 2 aromatic heterocycles. The summed E-state index contributed by atoms with van der Waals surface area (Å²) in [6.45, 7) is 0.156. The van der Waals surface area contributed by atoms with Crippen LogP contribution in [-0.2, 0) is 11.3 Å². The largest absolute Gasteiger partial charge is 0.493 e. The average Bonchev–Trinajstić information content (AvgIpc) is 3.29. The van der Waals surface area contributed by atoms with E-state index in [2.05, 4.69) is 15.0 Å². The van der Waals surface area contributed by atoms with Crippen LogP contribution < -0.4 is 14.8 Å². The maximum Gasteiger partial charge on any atom is 0.338 e. The zero-order valence-corrected chi connectivity index (χ0v) is 18.8. The molecule has 4 rings (SSSR count). The van der Waals surface area contributed by atoms with Crippen molar-refractivity contribution in [3.05, 3.63) is 93.9 Å². The molecule has 0 aliphatic carbocycles. The number of esters is 1. The molecule has 178 valence electrons. The lowest BCUT2D eigenvalue weighted by Gasteiger charge is -2.12. The first-order chi connectivity index (χ1) is 16.9. The lowest BCUT2D eigenvalue weighted by Crippen LogP contribution is -2.14. The third kappa shape index (κ3) is 5.19. The molecule has 1 N–H and O–H groups in total. The van der Waals surface area contributed by atoms with E-state index in [1.807, 2.05) is 35.0 Å². The molecule has 0 saturated heterocycles. The van der Waals surface area contributed by atoms with Crippen molar-refractivity contribution in [2.75, 3.05) is 19.5 Å². The van der Waals surface area contributed by atoms with Crippen molar-refractivity contribution < 1.29 is 28.7 Å². The highest BCUT2D eigenvalue weighted by Gasteiger charge is 2.19. The summed E-state index contributed by atoms with van der Waals surface area (Å²) in [7, 11) is 2.63. The summed E-state index contributed by atoms with van der Waals surface area (Å²) in [6, 6.07) is 13.8. The van der Waals surface area contributed by atoms with Crippen LogP contribution >= 0.6 is 0 Å². The second-order valence-electron chi connectivity index (χ2n) is 7.32. The number of anilines is 1. The summed E-state index contributed by atoms with van der Waals surface area (Å²) >= 11 is 0. The molecule has 0 unspecified atom stereocenters. The minimum atomic E-state index is -0.796. The maximum atomic E-state index is 12.8. The summed E-state index contributed by atoms with van der Waals surface area (Å²) in [5, 5.41) is 13.9. The number of methoxy groups -OCH3 is 2. The van der Waals surface area contributed by atoms with Gasteiger partial charge in [0, 0.05) is 41.8 Å². The fourth-order valence-electron chi connectivity index (χ4n) is 3.36. The predicted octanol–water partition coefficient (Wildman–Crippen LogP) is 3.87. The SMILES string of the molecule is COC(=O)c1cc(C(=O)Nc2ccc(OC)c(OCc3cn4ccccc4n3)c2)cc([N+](=O)[O-])c1. The fraction of sp³-hybridized carbons (Fsp3) is 0.125. The summed E-state index contributed by atoms with van der Waals surface area (Å²) in [5.74, 6) is -0.656. The number of non-ortho nitro benzene ring substituents is 1. The molecular formula is C24H20N4O7. The Bertz CT molecular complexity index is 1400. The Morgan fingerprint density at radius 2 is 1.86 bits per heavy atom. The van der Waals surface area contributed by atoms with Gasteiger partial charge in [-0.05, 0) is 30.3 Å². The van der Waals surface area contributed by atoms with E-state index in [1.165, 1.54) is 13.2 Å². The Labute approximate surface area is 199 Å². The molecule has 1 amide bonds. The number of nitro groups is 1. The predicted molar refractivity (Wildman–Crippen MR) is 125 cm³/mol. The van der Waals surface area contributed by atoms with Gasteiger partial charge in [0.15, 0.2) is 11.5 Å². The summed E-state index contributed by atoms with van der Waals surface area (Å²) < 4.78 is 17.7. The van der Waals surface area contributed by atoms with Gasteiger partial charge in [0.2, 0.25) is 0 Å². The summed E-state index contributed by atoms with van der Waals surface area (Å²) in [4.78, 5) is 39.7. The highest BCUT2D eigenvalue weighted by molar-refractivity contribution is 6.06. The molecule has 0 atom stereocenters. The van der Waals surface area contributed by atoms with Gasteiger partial charge in [-0.25, -0.2) is 9.78 Å². The average molecular weight is 476 g/mol.